The van der Waals surface area contributed by atoms with E-state index in [0.717, 1.165) is 5.75 Å². The summed E-state index contributed by atoms with van der Waals surface area (Å²) < 4.78 is 5.55. The molecule has 0 amide bonds. The first-order valence-electron chi connectivity index (χ1n) is 5.77. The fourth-order valence-electron chi connectivity index (χ4n) is 1.24. The van der Waals surface area contributed by atoms with E-state index in [-0.39, 0.29) is 18.4 Å². The van der Waals surface area contributed by atoms with Crippen LogP contribution in [0.15, 0.2) is 35.5 Å². The largest absolute Gasteiger partial charge is 0.487 e. The van der Waals surface area contributed by atoms with Crippen molar-refractivity contribution in [2.45, 2.75) is 26.4 Å². The number of nitrogens with zero attached hydrogens (tertiary/aromatic N) is 1. The van der Waals surface area contributed by atoms with Crippen LogP contribution in [0.4, 0.5) is 0 Å². The number of benzene rings is 1. The van der Waals surface area contributed by atoms with Crippen LogP contribution in [0, 0.1) is 0 Å². The van der Waals surface area contributed by atoms with E-state index in [4.69, 9.17) is 14.7 Å². The van der Waals surface area contributed by atoms with E-state index >= 15 is 0 Å². The third-order valence-corrected chi connectivity index (χ3v) is 2.15. The van der Waals surface area contributed by atoms with Crippen molar-refractivity contribution in [1.29, 1.82) is 0 Å². The predicted octanol–water partition coefficient (Wildman–Crippen LogP) is 2.32. The molecule has 98 valence electrons. The molecule has 0 bridgehead atoms. The van der Waals surface area contributed by atoms with Crippen molar-refractivity contribution in [3.8, 4) is 5.75 Å². The minimum absolute atomic E-state index is 0.00177. The average molecular weight is 251 g/mol. The molecule has 18 heavy (non-hydrogen) atoms. The SMILES string of the molecule is CCC(=NOCC(C)Oc1ccccc1)C(=O)O. The second-order valence-electron chi connectivity index (χ2n) is 3.73. The van der Waals surface area contributed by atoms with Gasteiger partial charge in [0.2, 0.25) is 0 Å². The van der Waals surface area contributed by atoms with Crippen molar-refractivity contribution in [2.75, 3.05) is 6.61 Å². The lowest BCUT2D eigenvalue weighted by Crippen LogP contribution is -2.19. The van der Waals surface area contributed by atoms with Gasteiger partial charge in [-0.2, -0.15) is 0 Å². The van der Waals surface area contributed by atoms with E-state index in [1.807, 2.05) is 37.3 Å². The Morgan fingerprint density at radius 3 is 2.61 bits per heavy atom. The molecule has 0 aromatic heterocycles. The zero-order chi connectivity index (χ0) is 13.4. The summed E-state index contributed by atoms with van der Waals surface area (Å²) in [6, 6.07) is 9.34. The highest BCUT2D eigenvalue weighted by atomic mass is 16.6. The first-order chi connectivity index (χ1) is 8.63. The molecule has 0 fully saturated rings. The third kappa shape index (κ3) is 4.86. The van der Waals surface area contributed by atoms with Crippen molar-refractivity contribution < 1.29 is 19.5 Å². The summed E-state index contributed by atoms with van der Waals surface area (Å²) in [5.74, 6) is -0.319. The van der Waals surface area contributed by atoms with Crippen LogP contribution in [-0.2, 0) is 9.63 Å². The molecule has 1 N–H and O–H groups in total. The summed E-state index contributed by atoms with van der Waals surface area (Å²) in [6.07, 6.45) is 0.117. The van der Waals surface area contributed by atoms with E-state index in [2.05, 4.69) is 5.16 Å². The topological polar surface area (TPSA) is 68.1 Å². The van der Waals surface area contributed by atoms with Crippen molar-refractivity contribution in [2.24, 2.45) is 5.16 Å². The van der Waals surface area contributed by atoms with Gasteiger partial charge in [-0.05, 0) is 25.5 Å². The van der Waals surface area contributed by atoms with Crippen LogP contribution in [0.2, 0.25) is 0 Å². The molecule has 1 rings (SSSR count). The van der Waals surface area contributed by atoms with Gasteiger partial charge < -0.3 is 14.7 Å². The molecule has 0 aliphatic carbocycles. The third-order valence-electron chi connectivity index (χ3n) is 2.15. The number of hydrogen-bond donors (Lipinski definition) is 1. The Bertz CT molecular complexity index is 403. The summed E-state index contributed by atoms with van der Waals surface area (Å²) in [4.78, 5) is 15.6. The Kier molecular flexibility index (Phi) is 5.70. The number of aliphatic carboxylic acids is 1. The van der Waals surface area contributed by atoms with Crippen LogP contribution in [0.5, 0.6) is 5.75 Å². The molecule has 5 heteroatoms. The highest BCUT2D eigenvalue weighted by Crippen LogP contribution is 2.10. The molecule has 5 nitrogen and oxygen atoms in total. The Morgan fingerprint density at radius 2 is 2.06 bits per heavy atom. The zero-order valence-electron chi connectivity index (χ0n) is 10.5. The summed E-state index contributed by atoms with van der Waals surface area (Å²) in [5, 5.41) is 12.3. The summed E-state index contributed by atoms with van der Waals surface area (Å²) in [5.41, 5.74) is 0.00177. The molecule has 0 saturated carbocycles. The Balaban J connectivity index is 2.38. The molecule has 0 aliphatic heterocycles. The fourth-order valence-corrected chi connectivity index (χ4v) is 1.24. The number of ether oxygens (including phenoxy) is 1. The van der Waals surface area contributed by atoms with Crippen LogP contribution in [-0.4, -0.2) is 29.5 Å². The lowest BCUT2D eigenvalue weighted by molar-refractivity contribution is -0.129. The van der Waals surface area contributed by atoms with Gasteiger partial charge >= 0.3 is 5.97 Å². The van der Waals surface area contributed by atoms with Crippen LogP contribution < -0.4 is 4.74 Å². The highest BCUT2D eigenvalue weighted by molar-refractivity contribution is 6.35. The fraction of sp³-hybridized carbons (Fsp3) is 0.385. The Labute approximate surface area is 106 Å². The minimum Gasteiger partial charge on any atom is -0.487 e. The van der Waals surface area contributed by atoms with Gasteiger partial charge in [0.25, 0.3) is 0 Å². The minimum atomic E-state index is -1.06. The van der Waals surface area contributed by atoms with Crippen LogP contribution in [0.3, 0.4) is 0 Å². The van der Waals surface area contributed by atoms with E-state index in [1.54, 1.807) is 6.92 Å². The molecule has 0 heterocycles. The second kappa shape index (κ2) is 7.32. The lowest BCUT2D eigenvalue weighted by Gasteiger charge is -2.13. The summed E-state index contributed by atoms with van der Waals surface area (Å²) in [7, 11) is 0. The monoisotopic (exact) mass is 251 g/mol. The molecular formula is C13H17NO4. The smallest absolute Gasteiger partial charge is 0.353 e. The molecule has 1 aromatic rings. The van der Waals surface area contributed by atoms with Crippen molar-refractivity contribution in [3.05, 3.63) is 30.3 Å². The maximum atomic E-state index is 10.7. The van der Waals surface area contributed by atoms with Gasteiger partial charge in [-0.15, -0.1) is 0 Å². The van der Waals surface area contributed by atoms with Gasteiger partial charge in [0.15, 0.2) is 12.3 Å². The van der Waals surface area contributed by atoms with Crippen LogP contribution >= 0.6 is 0 Å². The summed E-state index contributed by atoms with van der Waals surface area (Å²) >= 11 is 0. The maximum Gasteiger partial charge on any atom is 0.353 e. The maximum absolute atomic E-state index is 10.7. The average Bonchev–Trinajstić information content (AvgIpc) is 2.35. The zero-order valence-corrected chi connectivity index (χ0v) is 10.5. The van der Waals surface area contributed by atoms with Crippen molar-refractivity contribution in [3.63, 3.8) is 0 Å². The standard InChI is InChI=1S/C13H17NO4/c1-3-12(13(15)16)14-17-9-10(2)18-11-7-5-4-6-8-11/h4-8,10H,3,9H2,1-2H3,(H,15,16). The van der Waals surface area contributed by atoms with Gasteiger partial charge in [0.1, 0.15) is 11.9 Å². The molecule has 1 unspecified atom stereocenters. The molecule has 0 spiro atoms. The van der Waals surface area contributed by atoms with Gasteiger partial charge in [0.05, 0.1) is 0 Å². The Morgan fingerprint density at radius 1 is 1.39 bits per heavy atom. The van der Waals surface area contributed by atoms with Gasteiger partial charge in [0, 0.05) is 0 Å². The highest BCUT2D eigenvalue weighted by Gasteiger charge is 2.08. The molecule has 1 atom stereocenters. The normalized spacial score (nSPS) is 12.9. The number of carboxylic acid groups (broad SMARTS) is 1. The lowest BCUT2D eigenvalue weighted by atomic mass is 10.3. The number of para-hydroxylation sites is 1. The molecular weight excluding hydrogens is 234 g/mol. The van der Waals surface area contributed by atoms with Crippen molar-refractivity contribution in [1.82, 2.24) is 0 Å². The number of hydrogen-bond acceptors (Lipinski definition) is 4. The van der Waals surface area contributed by atoms with Gasteiger partial charge in [-0.25, -0.2) is 4.79 Å². The quantitative estimate of drug-likeness (QED) is 0.596. The van der Waals surface area contributed by atoms with E-state index < -0.39 is 5.97 Å². The Hall–Kier alpha value is -2.04. The van der Waals surface area contributed by atoms with E-state index in [9.17, 15) is 4.79 Å². The first kappa shape index (κ1) is 14.0. The van der Waals surface area contributed by atoms with Crippen LogP contribution in [0.1, 0.15) is 20.3 Å². The molecule has 0 saturated heterocycles. The number of oxime groups is 1. The van der Waals surface area contributed by atoms with E-state index in [0.29, 0.717) is 6.42 Å². The van der Waals surface area contributed by atoms with Gasteiger partial charge in [-0.3, -0.25) is 0 Å². The van der Waals surface area contributed by atoms with Crippen LogP contribution in [0.25, 0.3) is 0 Å². The molecule has 0 aliphatic rings. The summed E-state index contributed by atoms with van der Waals surface area (Å²) in [6.45, 7) is 3.74. The molecule has 1 aromatic carbocycles. The van der Waals surface area contributed by atoms with Gasteiger partial charge in [-0.1, -0.05) is 30.3 Å². The number of carboxylic acids is 1. The molecule has 0 radical (unpaired) electrons. The first-order valence-corrected chi connectivity index (χ1v) is 5.77. The number of rotatable bonds is 7. The van der Waals surface area contributed by atoms with Crippen molar-refractivity contribution >= 4 is 11.7 Å². The number of carbonyl (C=O) groups is 1. The van der Waals surface area contributed by atoms with E-state index in [1.165, 1.54) is 0 Å². The predicted molar refractivity (Wildman–Crippen MR) is 67.8 cm³/mol. The second-order valence-corrected chi connectivity index (χ2v) is 3.73.